The molecule has 1 aromatic heterocycles. The highest BCUT2D eigenvalue weighted by atomic mass is 79.9. The zero-order valence-corrected chi connectivity index (χ0v) is 20.4. The molecule has 3 rings (SSSR count). The number of nitrogens with zero attached hydrogens (tertiary/aromatic N) is 3. The van der Waals surface area contributed by atoms with Crippen LogP contribution in [0, 0.1) is 0 Å². The Labute approximate surface area is 196 Å². The molecule has 7 nitrogen and oxygen atoms in total. The normalized spacial score (nSPS) is 12.3. The Kier molecular flexibility index (Phi) is 7.61. The van der Waals surface area contributed by atoms with Gasteiger partial charge < -0.3 is 9.47 Å². The molecule has 0 aliphatic rings. The average Bonchev–Trinajstić information content (AvgIpc) is 2.77. The minimum Gasteiger partial charge on any atom is -0.481 e. The van der Waals surface area contributed by atoms with Crippen LogP contribution < -0.4 is 10.3 Å². The SMILES string of the molecule is CC[C@@H](C)c1nc2ccc(Br)cc2c(=O)n1N=Cc1cc(Br)ccc1OCC(=O)OC. The minimum absolute atomic E-state index is 0.0236. The summed E-state index contributed by atoms with van der Waals surface area (Å²) in [5.74, 6) is 0.540. The number of methoxy groups -OCH3 is 1. The van der Waals surface area contributed by atoms with Crippen molar-refractivity contribution in [2.75, 3.05) is 13.7 Å². The van der Waals surface area contributed by atoms with Crippen molar-refractivity contribution in [3.8, 4) is 5.75 Å². The number of benzene rings is 2. The van der Waals surface area contributed by atoms with Crippen LogP contribution in [0.15, 0.2) is 55.2 Å². The van der Waals surface area contributed by atoms with Gasteiger partial charge in [-0.1, -0.05) is 45.7 Å². The van der Waals surface area contributed by atoms with Gasteiger partial charge >= 0.3 is 5.97 Å². The molecule has 0 aliphatic heterocycles. The molecule has 0 N–H and O–H groups in total. The summed E-state index contributed by atoms with van der Waals surface area (Å²) >= 11 is 6.83. The van der Waals surface area contributed by atoms with Crippen molar-refractivity contribution >= 4 is 54.9 Å². The molecule has 0 amide bonds. The predicted octanol–water partition coefficient (Wildman–Crippen LogP) is 4.87. The first-order chi connectivity index (χ1) is 14.8. The van der Waals surface area contributed by atoms with Crippen LogP contribution in [0.3, 0.4) is 0 Å². The first-order valence-electron chi connectivity index (χ1n) is 9.59. The maximum Gasteiger partial charge on any atom is 0.343 e. The highest BCUT2D eigenvalue weighted by Gasteiger charge is 2.16. The van der Waals surface area contributed by atoms with E-state index in [1.54, 1.807) is 24.3 Å². The summed E-state index contributed by atoms with van der Waals surface area (Å²) < 4.78 is 13.1. The van der Waals surface area contributed by atoms with Crippen LogP contribution >= 0.6 is 31.9 Å². The fraction of sp³-hybridized carbons (Fsp3) is 0.273. The van der Waals surface area contributed by atoms with Gasteiger partial charge in [-0.05, 0) is 42.8 Å². The average molecular weight is 551 g/mol. The molecule has 0 spiro atoms. The molecule has 31 heavy (non-hydrogen) atoms. The number of carbonyl (C=O) groups excluding carboxylic acids is 1. The summed E-state index contributed by atoms with van der Waals surface area (Å²) in [6.45, 7) is 3.80. The van der Waals surface area contributed by atoms with Gasteiger partial charge in [-0.15, -0.1) is 0 Å². The standard InChI is InChI=1S/C22H21Br2N3O4/c1-4-13(2)21-26-18-7-5-16(24)10-17(18)22(29)27(21)25-11-14-9-15(23)6-8-19(14)31-12-20(28)30-3/h5-11,13H,4,12H2,1-3H3/t13-/m1/s1. The zero-order valence-electron chi connectivity index (χ0n) is 17.3. The van der Waals surface area contributed by atoms with Gasteiger partial charge in [0.1, 0.15) is 11.6 Å². The summed E-state index contributed by atoms with van der Waals surface area (Å²) in [6, 6.07) is 10.7. The van der Waals surface area contributed by atoms with Crippen LogP contribution in [-0.4, -0.2) is 35.6 Å². The van der Waals surface area contributed by atoms with E-state index < -0.39 is 5.97 Å². The Hall–Kier alpha value is -2.52. The van der Waals surface area contributed by atoms with E-state index >= 15 is 0 Å². The van der Waals surface area contributed by atoms with E-state index in [2.05, 4.69) is 41.7 Å². The summed E-state index contributed by atoms with van der Waals surface area (Å²) in [4.78, 5) is 29.4. The second-order valence-corrected chi connectivity index (χ2v) is 8.68. The monoisotopic (exact) mass is 549 g/mol. The van der Waals surface area contributed by atoms with E-state index in [1.807, 2.05) is 26.0 Å². The maximum absolute atomic E-state index is 13.2. The lowest BCUT2D eigenvalue weighted by atomic mass is 10.1. The molecule has 3 aromatic rings. The number of hydrogen-bond acceptors (Lipinski definition) is 6. The second kappa shape index (κ2) is 10.2. The zero-order chi connectivity index (χ0) is 22.5. The van der Waals surface area contributed by atoms with E-state index in [0.29, 0.717) is 28.0 Å². The van der Waals surface area contributed by atoms with Crippen LogP contribution in [0.4, 0.5) is 0 Å². The van der Waals surface area contributed by atoms with Crippen molar-refractivity contribution in [1.29, 1.82) is 0 Å². The number of halogens is 2. The Morgan fingerprint density at radius 3 is 2.65 bits per heavy atom. The summed E-state index contributed by atoms with van der Waals surface area (Å²) in [5, 5.41) is 4.93. The third-order valence-corrected chi connectivity index (χ3v) is 5.73. The van der Waals surface area contributed by atoms with Crippen molar-refractivity contribution in [2.45, 2.75) is 26.2 Å². The van der Waals surface area contributed by atoms with Crippen molar-refractivity contribution in [1.82, 2.24) is 9.66 Å². The van der Waals surface area contributed by atoms with Gasteiger partial charge in [0.2, 0.25) is 0 Å². The molecule has 0 aliphatic carbocycles. The molecule has 2 aromatic carbocycles. The molecule has 0 saturated heterocycles. The molecule has 0 unspecified atom stereocenters. The number of fused-ring (bicyclic) bond motifs is 1. The molecule has 1 atom stereocenters. The summed E-state index contributed by atoms with van der Waals surface area (Å²) in [5.41, 5.74) is 0.957. The van der Waals surface area contributed by atoms with Crippen LogP contribution in [0.25, 0.3) is 10.9 Å². The topological polar surface area (TPSA) is 82.8 Å². The molecule has 0 radical (unpaired) electrons. The van der Waals surface area contributed by atoms with Gasteiger partial charge in [0, 0.05) is 20.4 Å². The molecule has 162 valence electrons. The van der Waals surface area contributed by atoms with Crippen molar-refractivity contribution < 1.29 is 14.3 Å². The fourth-order valence-electron chi connectivity index (χ4n) is 2.85. The summed E-state index contributed by atoms with van der Waals surface area (Å²) in [6.07, 6.45) is 2.32. The number of esters is 1. The number of aromatic nitrogens is 2. The molecule has 1 heterocycles. The Morgan fingerprint density at radius 1 is 1.23 bits per heavy atom. The third-order valence-electron chi connectivity index (χ3n) is 4.74. The van der Waals surface area contributed by atoms with Crippen molar-refractivity contribution in [2.24, 2.45) is 5.10 Å². The highest BCUT2D eigenvalue weighted by Crippen LogP contribution is 2.23. The molecule has 0 fully saturated rings. The van der Waals surface area contributed by atoms with E-state index in [4.69, 9.17) is 9.72 Å². The van der Waals surface area contributed by atoms with Gasteiger partial charge in [-0.2, -0.15) is 9.78 Å². The van der Waals surface area contributed by atoms with Gasteiger partial charge in [0.25, 0.3) is 5.56 Å². The number of carbonyl (C=O) groups is 1. The summed E-state index contributed by atoms with van der Waals surface area (Å²) in [7, 11) is 1.30. The van der Waals surface area contributed by atoms with Gasteiger partial charge in [-0.3, -0.25) is 4.79 Å². The first-order valence-corrected chi connectivity index (χ1v) is 11.2. The third kappa shape index (κ3) is 5.40. The van der Waals surface area contributed by atoms with E-state index in [-0.39, 0.29) is 18.1 Å². The first kappa shape index (κ1) is 23.1. The lowest BCUT2D eigenvalue weighted by molar-refractivity contribution is -0.142. The fourth-order valence-corrected chi connectivity index (χ4v) is 3.59. The van der Waals surface area contributed by atoms with Crippen LogP contribution in [0.2, 0.25) is 0 Å². The molecular weight excluding hydrogens is 530 g/mol. The van der Waals surface area contributed by atoms with Crippen LogP contribution in [0.5, 0.6) is 5.75 Å². The number of ether oxygens (including phenoxy) is 2. The Bertz CT molecular complexity index is 1210. The number of hydrogen-bond donors (Lipinski definition) is 0. The minimum atomic E-state index is -0.495. The van der Waals surface area contributed by atoms with Gasteiger partial charge in [0.15, 0.2) is 6.61 Å². The lowest BCUT2D eigenvalue weighted by Crippen LogP contribution is -2.23. The number of rotatable bonds is 7. The lowest BCUT2D eigenvalue weighted by Gasteiger charge is -2.14. The molecular formula is C22H21Br2N3O4. The quantitative estimate of drug-likeness (QED) is 0.309. The second-order valence-electron chi connectivity index (χ2n) is 6.85. The predicted molar refractivity (Wildman–Crippen MR) is 127 cm³/mol. The van der Waals surface area contributed by atoms with E-state index in [1.165, 1.54) is 18.0 Å². The van der Waals surface area contributed by atoms with Crippen LogP contribution in [-0.2, 0) is 9.53 Å². The van der Waals surface area contributed by atoms with Gasteiger partial charge in [0.05, 0.1) is 24.2 Å². The van der Waals surface area contributed by atoms with Gasteiger partial charge in [-0.25, -0.2) is 9.78 Å². The van der Waals surface area contributed by atoms with E-state index in [9.17, 15) is 9.59 Å². The molecule has 9 heteroatoms. The largest absolute Gasteiger partial charge is 0.481 e. The Morgan fingerprint density at radius 2 is 1.94 bits per heavy atom. The highest BCUT2D eigenvalue weighted by molar-refractivity contribution is 9.10. The van der Waals surface area contributed by atoms with Crippen molar-refractivity contribution in [3.05, 3.63) is 67.1 Å². The molecule has 0 saturated carbocycles. The Balaban J connectivity index is 2.10. The van der Waals surface area contributed by atoms with Crippen molar-refractivity contribution in [3.63, 3.8) is 0 Å². The maximum atomic E-state index is 13.2. The smallest absolute Gasteiger partial charge is 0.343 e. The van der Waals surface area contributed by atoms with Crippen LogP contribution in [0.1, 0.15) is 37.6 Å². The van der Waals surface area contributed by atoms with E-state index in [0.717, 1.165) is 15.4 Å². The molecule has 0 bridgehead atoms.